The highest BCUT2D eigenvalue weighted by Gasteiger charge is 2.42. The third-order valence-corrected chi connectivity index (χ3v) is 10.9. The number of unbranched alkanes of at least 4 members (excludes halogenated alkanes) is 2. The number of hydrogen-bond donors (Lipinski definition) is 0. The molecule has 0 amide bonds. The molecular weight excluding hydrogens is 556 g/mol. The first-order chi connectivity index (χ1) is 22.0. The maximum atomic E-state index is 2.45. The molecule has 2 nitrogen and oxygen atoms in total. The van der Waals surface area contributed by atoms with Crippen LogP contribution in [0.15, 0.2) is 114 Å². The van der Waals surface area contributed by atoms with E-state index >= 15 is 0 Å². The second-order valence-corrected chi connectivity index (χ2v) is 14.9. The van der Waals surface area contributed by atoms with Crippen LogP contribution >= 0.6 is 0 Å². The molecule has 0 saturated heterocycles. The summed E-state index contributed by atoms with van der Waals surface area (Å²) in [6, 6.07) is 27.2. The van der Waals surface area contributed by atoms with Gasteiger partial charge in [-0.2, -0.15) is 4.58 Å². The summed E-state index contributed by atoms with van der Waals surface area (Å²) in [7, 11) is 4.44. The van der Waals surface area contributed by atoms with Crippen LogP contribution in [0.2, 0.25) is 0 Å². The van der Waals surface area contributed by atoms with E-state index in [9.17, 15) is 0 Å². The Morgan fingerprint density at radius 2 is 1.50 bits per heavy atom. The second-order valence-electron chi connectivity index (χ2n) is 14.9. The molecule has 238 valence electrons. The van der Waals surface area contributed by atoms with Crippen molar-refractivity contribution in [2.45, 2.75) is 90.9 Å². The highest BCUT2D eigenvalue weighted by atomic mass is 15.2. The predicted octanol–water partition coefficient (Wildman–Crippen LogP) is 11.1. The molecule has 2 heterocycles. The largest absolute Gasteiger partial charge is 0.347 e. The summed E-state index contributed by atoms with van der Waals surface area (Å²) in [4.78, 5) is 2.39. The van der Waals surface area contributed by atoms with Crippen LogP contribution in [0, 0.1) is 5.92 Å². The number of para-hydroxylation sites is 2. The van der Waals surface area contributed by atoms with Gasteiger partial charge >= 0.3 is 0 Å². The van der Waals surface area contributed by atoms with Gasteiger partial charge in [-0.05, 0) is 91.0 Å². The van der Waals surface area contributed by atoms with E-state index in [1.165, 1.54) is 81.0 Å². The summed E-state index contributed by atoms with van der Waals surface area (Å²) in [6.07, 6.45) is 16.9. The van der Waals surface area contributed by atoms with Gasteiger partial charge in [0.1, 0.15) is 7.05 Å². The fourth-order valence-corrected chi connectivity index (χ4v) is 8.29. The quantitative estimate of drug-likeness (QED) is 0.182. The van der Waals surface area contributed by atoms with Crippen molar-refractivity contribution in [2.24, 2.45) is 5.92 Å². The van der Waals surface area contributed by atoms with Crippen molar-refractivity contribution in [1.29, 1.82) is 0 Å². The molecule has 0 aromatic heterocycles. The van der Waals surface area contributed by atoms with Crippen LogP contribution < -0.4 is 4.90 Å². The fourth-order valence-electron chi connectivity index (χ4n) is 8.29. The molecule has 0 N–H and O–H groups in total. The van der Waals surface area contributed by atoms with Gasteiger partial charge < -0.3 is 4.90 Å². The minimum absolute atomic E-state index is 0.0419. The third kappa shape index (κ3) is 5.76. The molecule has 2 heteroatoms. The molecule has 3 aromatic carbocycles. The summed E-state index contributed by atoms with van der Waals surface area (Å²) in [5.74, 6) is 0.574. The molecule has 0 bridgehead atoms. The van der Waals surface area contributed by atoms with Gasteiger partial charge in [-0.3, -0.25) is 0 Å². The molecule has 0 radical (unpaired) electrons. The number of anilines is 1. The number of allylic oxidation sites excluding steroid dienone is 8. The summed E-state index contributed by atoms with van der Waals surface area (Å²) in [5.41, 5.74) is 15.1. The number of benzene rings is 3. The Kier molecular flexibility index (Phi) is 8.85. The van der Waals surface area contributed by atoms with Crippen LogP contribution in [-0.2, 0) is 17.3 Å². The van der Waals surface area contributed by atoms with Crippen LogP contribution in [0.5, 0.6) is 0 Å². The lowest BCUT2D eigenvalue weighted by molar-refractivity contribution is -0.401. The molecule has 0 spiro atoms. The van der Waals surface area contributed by atoms with Gasteiger partial charge in [0.15, 0.2) is 5.71 Å². The maximum absolute atomic E-state index is 2.45. The Bertz CT molecular complexity index is 1770. The van der Waals surface area contributed by atoms with E-state index in [2.05, 4.69) is 162 Å². The Morgan fingerprint density at radius 3 is 2.20 bits per heavy atom. The zero-order valence-corrected chi connectivity index (χ0v) is 29.5. The molecule has 3 aliphatic rings. The summed E-state index contributed by atoms with van der Waals surface area (Å²) < 4.78 is 2.39. The molecular formula is C44H53N2+. The zero-order chi connectivity index (χ0) is 32.6. The van der Waals surface area contributed by atoms with Crippen LogP contribution in [0.4, 0.5) is 11.4 Å². The van der Waals surface area contributed by atoms with E-state index in [1.54, 1.807) is 0 Å². The maximum Gasteiger partial charge on any atom is 0.209 e. The molecule has 0 saturated carbocycles. The van der Waals surface area contributed by atoms with E-state index in [4.69, 9.17) is 0 Å². The van der Waals surface area contributed by atoms with E-state index < -0.39 is 0 Å². The average Bonchev–Trinajstić information content (AvgIpc) is 3.36. The van der Waals surface area contributed by atoms with Crippen molar-refractivity contribution >= 4 is 22.7 Å². The fraction of sp³-hybridized carbons (Fsp3) is 0.386. The molecule has 46 heavy (non-hydrogen) atoms. The number of hydrogen-bond acceptors (Lipinski definition) is 1. The lowest BCUT2D eigenvalue weighted by atomic mass is 9.77. The predicted molar refractivity (Wildman–Crippen MR) is 198 cm³/mol. The zero-order valence-electron chi connectivity index (χ0n) is 29.5. The molecule has 1 aliphatic carbocycles. The normalized spacial score (nSPS) is 22.0. The lowest BCUT2D eigenvalue weighted by Gasteiger charge is -2.28. The van der Waals surface area contributed by atoms with E-state index in [1.807, 2.05) is 0 Å². The monoisotopic (exact) mass is 609 g/mol. The van der Waals surface area contributed by atoms with Gasteiger partial charge in [-0.25, -0.2) is 0 Å². The van der Waals surface area contributed by atoms with E-state index in [-0.39, 0.29) is 10.8 Å². The average molecular weight is 610 g/mol. The van der Waals surface area contributed by atoms with Crippen LogP contribution in [-0.4, -0.2) is 24.4 Å². The number of rotatable bonds is 8. The Hall–Kier alpha value is -3.91. The Morgan fingerprint density at radius 1 is 0.804 bits per heavy atom. The summed E-state index contributed by atoms with van der Waals surface area (Å²) >= 11 is 0. The van der Waals surface area contributed by atoms with Crippen LogP contribution in [0.3, 0.4) is 0 Å². The second kappa shape index (κ2) is 12.7. The Balaban J connectivity index is 1.45. The minimum atomic E-state index is -0.0419. The van der Waals surface area contributed by atoms with E-state index in [0.717, 1.165) is 19.3 Å². The van der Waals surface area contributed by atoms with Crippen molar-refractivity contribution in [1.82, 2.24) is 0 Å². The van der Waals surface area contributed by atoms with Crippen molar-refractivity contribution in [3.63, 3.8) is 0 Å². The SMILES string of the molecule is CCCCCc1ccc(C2=C(/C=C/C3=[N+](C)c4ccccc4C3(C)C)CC(C)C/C2=C\C=C2/N(C)c3ccccc3C2(C)C)cc1. The minimum Gasteiger partial charge on any atom is -0.347 e. The highest BCUT2D eigenvalue weighted by Crippen LogP contribution is 2.47. The Labute approximate surface area is 278 Å². The third-order valence-electron chi connectivity index (χ3n) is 10.9. The lowest BCUT2D eigenvalue weighted by Crippen LogP contribution is -2.26. The van der Waals surface area contributed by atoms with Crippen LogP contribution in [0.1, 0.15) is 95.9 Å². The number of likely N-dealkylation sites (N-methyl/N-ethyl adjacent to an activating group) is 1. The molecule has 6 rings (SSSR count). The van der Waals surface area contributed by atoms with Gasteiger partial charge in [0.25, 0.3) is 0 Å². The van der Waals surface area contributed by atoms with Crippen LogP contribution in [0.25, 0.3) is 5.57 Å². The van der Waals surface area contributed by atoms with Crippen molar-refractivity contribution in [3.05, 3.63) is 136 Å². The molecule has 1 atom stereocenters. The first kappa shape index (κ1) is 32.0. The highest BCUT2D eigenvalue weighted by molar-refractivity contribution is 6.03. The smallest absolute Gasteiger partial charge is 0.209 e. The molecule has 1 unspecified atom stereocenters. The van der Waals surface area contributed by atoms with Gasteiger partial charge in [0.2, 0.25) is 5.69 Å². The standard InChI is InChI=1S/C44H53N2/c1-9-10-11-16-32-21-23-33(24-22-32)42-34(25-27-40-43(3,4)36-17-12-14-19-38(36)45(40)7)29-31(2)30-35(42)26-28-41-44(5,6)37-18-13-15-20-39(37)46(41)8/h12-15,17-28,31H,9-11,16,29-30H2,1-8H3/q+1. The molecule has 2 aliphatic heterocycles. The number of nitrogens with zero attached hydrogens (tertiary/aromatic N) is 2. The van der Waals surface area contributed by atoms with Gasteiger partial charge in [0, 0.05) is 41.6 Å². The van der Waals surface area contributed by atoms with Gasteiger partial charge in [-0.15, -0.1) is 0 Å². The van der Waals surface area contributed by atoms with E-state index in [0.29, 0.717) is 5.92 Å². The molecule has 0 fully saturated rings. The van der Waals surface area contributed by atoms with Gasteiger partial charge in [-0.1, -0.05) is 113 Å². The van der Waals surface area contributed by atoms with Crippen molar-refractivity contribution < 1.29 is 4.58 Å². The number of aryl methyl sites for hydroxylation is 1. The number of fused-ring (bicyclic) bond motifs is 2. The van der Waals surface area contributed by atoms with Crippen molar-refractivity contribution in [2.75, 3.05) is 19.0 Å². The first-order valence-corrected chi connectivity index (χ1v) is 17.5. The molecule has 3 aromatic rings. The summed E-state index contributed by atoms with van der Waals surface area (Å²) in [5, 5.41) is 0. The van der Waals surface area contributed by atoms with Crippen molar-refractivity contribution in [3.8, 4) is 0 Å². The summed E-state index contributed by atoms with van der Waals surface area (Å²) in [6.45, 7) is 14.1. The first-order valence-electron chi connectivity index (χ1n) is 17.5. The van der Waals surface area contributed by atoms with Gasteiger partial charge in [0.05, 0.1) is 5.41 Å². The topological polar surface area (TPSA) is 6.25 Å².